The van der Waals surface area contributed by atoms with Gasteiger partial charge in [0.25, 0.3) is 0 Å². The quantitative estimate of drug-likeness (QED) is 0.927. The number of nitrogens with one attached hydrogen (secondary N) is 1. The van der Waals surface area contributed by atoms with E-state index in [1.165, 1.54) is 5.56 Å². The maximum absolute atomic E-state index is 13.1. The van der Waals surface area contributed by atoms with Crippen LogP contribution >= 0.6 is 0 Å². The molecule has 134 valence electrons. The molecule has 4 rings (SSSR count). The van der Waals surface area contributed by atoms with E-state index in [1.807, 2.05) is 41.4 Å². The van der Waals surface area contributed by atoms with E-state index in [9.17, 15) is 9.59 Å². The van der Waals surface area contributed by atoms with Crippen LogP contribution in [0.5, 0.6) is 0 Å². The lowest BCUT2D eigenvalue weighted by molar-refractivity contribution is -0.136. The fraction of sp³-hybridized carbons (Fsp3) is 0.381. The van der Waals surface area contributed by atoms with Crippen LogP contribution in [0.25, 0.3) is 0 Å². The molecule has 1 aromatic carbocycles. The molecule has 0 saturated carbocycles. The van der Waals surface area contributed by atoms with E-state index in [1.54, 1.807) is 6.20 Å². The Labute approximate surface area is 153 Å². The normalized spacial score (nSPS) is 20.4. The number of amides is 2. The Hall–Kier alpha value is -2.69. The van der Waals surface area contributed by atoms with Crippen molar-refractivity contribution in [2.24, 2.45) is 5.92 Å². The van der Waals surface area contributed by atoms with Gasteiger partial charge in [0.1, 0.15) is 0 Å². The number of aromatic nitrogens is 1. The summed E-state index contributed by atoms with van der Waals surface area (Å²) in [5, 5.41) is 2.87. The van der Waals surface area contributed by atoms with Crippen molar-refractivity contribution in [1.82, 2.24) is 9.88 Å². The maximum atomic E-state index is 13.1. The number of carbonyl (C=O) groups is 2. The van der Waals surface area contributed by atoms with Gasteiger partial charge in [-0.3, -0.25) is 14.6 Å². The molecular weight excluding hydrogens is 326 g/mol. The first-order valence-corrected chi connectivity index (χ1v) is 9.27. The topological polar surface area (TPSA) is 62.3 Å². The zero-order valence-electron chi connectivity index (χ0n) is 14.7. The summed E-state index contributed by atoms with van der Waals surface area (Å²) in [4.78, 5) is 31.2. The predicted octanol–water partition coefficient (Wildman–Crippen LogP) is 2.99. The summed E-state index contributed by atoms with van der Waals surface area (Å²) < 4.78 is 0. The summed E-state index contributed by atoms with van der Waals surface area (Å²) in [6.45, 7) is 1.54. The molecule has 0 spiro atoms. The zero-order chi connectivity index (χ0) is 17.9. The molecule has 0 radical (unpaired) electrons. The number of likely N-dealkylation sites (tertiary alicyclic amines) is 1. The van der Waals surface area contributed by atoms with E-state index in [0.29, 0.717) is 5.92 Å². The lowest BCUT2D eigenvalue weighted by atomic mass is 9.87. The minimum Gasteiger partial charge on any atom is -0.342 e. The number of piperidine rings is 1. The lowest BCUT2D eigenvalue weighted by Crippen LogP contribution is -2.43. The summed E-state index contributed by atoms with van der Waals surface area (Å²) >= 11 is 0. The molecule has 2 aliphatic heterocycles. The van der Waals surface area contributed by atoms with Gasteiger partial charge in [0.15, 0.2) is 0 Å². The maximum Gasteiger partial charge on any atom is 0.230 e. The van der Waals surface area contributed by atoms with Gasteiger partial charge in [0, 0.05) is 37.6 Å². The molecule has 5 nitrogen and oxygen atoms in total. The van der Waals surface area contributed by atoms with Crippen LogP contribution in [-0.2, 0) is 16.0 Å². The van der Waals surface area contributed by atoms with Crippen LogP contribution in [0.15, 0.2) is 48.8 Å². The molecule has 2 aromatic rings. The summed E-state index contributed by atoms with van der Waals surface area (Å²) in [7, 11) is 0. The first-order chi connectivity index (χ1) is 12.7. The molecule has 0 aliphatic carbocycles. The second-order valence-electron chi connectivity index (χ2n) is 7.23. The van der Waals surface area contributed by atoms with Gasteiger partial charge in [0.05, 0.1) is 5.92 Å². The fourth-order valence-electron chi connectivity index (χ4n) is 4.06. The molecule has 1 atom stereocenters. The number of hydrogen-bond donors (Lipinski definition) is 1. The third-order valence-corrected chi connectivity index (χ3v) is 5.47. The number of hydrogen-bond acceptors (Lipinski definition) is 3. The number of rotatable bonds is 3. The molecule has 1 fully saturated rings. The second kappa shape index (κ2) is 7.28. The van der Waals surface area contributed by atoms with Gasteiger partial charge in [-0.1, -0.05) is 24.3 Å². The highest BCUT2D eigenvalue weighted by Crippen LogP contribution is 2.34. The number of nitrogens with zero attached hydrogens (tertiary/aromatic N) is 2. The Kier molecular flexibility index (Phi) is 4.69. The molecule has 0 unspecified atom stereocenters. The van der Waals surface area contributed by atoms with E-state index in [2.05, 4.69) is 16.4 Å². The third-order valence-electron chi connectivity index (χ3n) is 5.47. The van der Waals surface area contributed by atoms with Crippen molar-refractivity contribution in [3.05, 3.63) is 59.9 Å². The Bertz CT molecular complexity index is 798. The molecule has 2 aliphatic rings. The van der Waals surface area contributed by atoms with Crippen molar-refractivity contribution in [2.75, 3.05) is 18.4 Å². The summed E-state index contributed by atoms with van der Waals surface area (Å²) in [5.41, 5.74) is 2.97. The average molecular weight is 349 g/mol. The van der Waals surface area contributed by atoms with Crippen LogP contribution in [0.4, 0.5) is 5.69 Å². The Balaban J connectivity index is 1.40. The fourth-order valence-corrected chi connectivity index (χ4v) is 4.06. The van der Waals surface area contributed by atoms with Crippen LogP contribution in [0.2, 0.25) is 0 Å². The molecule has 1 aromatic heterocycles. The zero-order valence-corrected chi connectivity index (χ0v) is 14.7. The van der Waals surface area contributed by atoms with Gasteiger partial charge >= 0.3 is 0 Å². The summed E-state index contributed by atoms with van der Waals surface area (Å²) in [6.07, 6.45) is 6.98. The molecule has 5 heteroatoms. The van der Waals surface area contributed by atoms with E-state index in [-0.39, 0.29) is 24.2 Å². The minimum atomic E-state index is -0.352. The molecule has 1 saturated heterocycles. The van der Waals surface area contributed by atoms with E-state index in [4.69, 9.17) is 0 Å². The monoisotopic (exact) mass is 349 g/mol. The molecular formula is C21H23N3O2. The van der Waals surface area contributed by atoms with Crippen molar-refractivity contribution in [3.8, 4) is 0 Å². The van der Waals surface area contributed by atoms with Crippen molar-refractivity contribution in [1.29, 1.82) is 0 Å². The number of benzene rings is 1. The highest BCUT2D eigenvalue weighted by atomic mass is 16.2. The first-order valence-electron chi connectivity index (χ1n) is 9.27. The minimum absolute atomic E-state index is 0.0755. The van der Waals surface area contributed by atoms with Gasteiger partial charge in [0.2, 0.25) is 11.8 Å². The molecule has 2 amide bonds. The Morgan fingerprint density at radius 2 is 1.96 bits per heavy atom. The Morgan fingerprint density at radius 3 is 2.73 bits per heavy atom. The average Bonchev–Trinajstić information content (AvgIpc) is 2.68. The number of para-hydroxylation sites is 1. The van der Waals surface area contributed by atoms with E-state index in [0.717, 1.165) is 43.6 Å². The van der Waals surface area contributed by atoms with Gasteiger partial charge in [-0.2, -0.15) is 0 Å². The first kappa shape index (κ1) is 16.8. The number of carbonyl (C=O) groups excluding carboxylic acids is 2. The van der Waals surface area contributed by atoms with Crippen LogP contribution < -0.4 is 5.32 Å². The highest BCUT2D eigenvalue weighted by Gasteiger charge is 2.34. The summed E-state index contributed by atoms with van der Waals surface area (Å²) in [5.74, 6) is 0.251. The smallest absolute Gasteiger partial charge is 0.230 e. The van der Waals surface area contributed by atoms with E-state index >= 15 is 0 Å². The van der Waals surface area contributed by atoms with E-state index < -0.39 is 0 Å². The van der Waals surface area contributed by atoms with Crippen molar-refractivity contribution in [3.63, 3.8) is 0 Å². The standard InChI is InChI=1S/C21H23N3O2/c25-20-13-18(17-5-1-2-6-19(17)23-20)21(26)24-10-7-15(8-11-24)12-16-4-3-9-22-14-16/h1-6,9,14-15,18H,7-8,10-13H2,(H,23,25)/t18-/m0/s1. The van der Waals surface area contributed by atoms with Crippen LogP contribution in [-0.4, -0.2) is 34.8 Å². The van der Waals surface area contributed by atoms with Crippen LogP contribution in [0, 0.1) is 5.92 Å². The third kappa shape index (κ3) is 3.47. The van der Waals surface area contributed by atoms with Crippen molar-refractivity contribution >= 4 is 17.5 Å². The largest absolute Gasteiger partial charge is 0.342 e. The summed E-state index contributed by atoms with van der Waals surface area (Å²) in [6, 6.07) is 11.7. The van der Waals surface area contributed by atoms with Gasteiger partial charge in [-0.15, -0.1) is 0 Å². The second-order valence-corrected chi connectivity index (χ2v) is 7.23. The highest BCUT2D eigenvalue weighted by molar-refractivity contribution is 6.01. The number of fused-ring (bicyclic) bond motifs is 1. The van der Waals surface area contributed by atoms with Gasteiger partial charge in [-0.05, 0) is 48.4 Å². The van der Waals surface area contributed by atoms with Crippen molar-refractivity contribution < 1.29 is 9.59 Å². The predicted molar refractivity (Wildman–Crippen MR) is 99.7 cm³/mol. The number of pyridine rings is 1. The van der Waals surface area contributed by atoms with Gasteiger partial charge in [-0.25, -0.2) is 0 Å². The molecule has 26 heavy (non-hydrogen) atoms. The molecule has 3 heterocycles. The molecule has 0 bridgehead atoms. The van der Waals surface area contributed by atoms with Crippen LogP contribution in [0.1, 0.15) is 36.3 Å². The lowest BCUT2D eigenvalue weighted by Gasteiger charge is -2.35. The van der Waals surface area contributed by atoms with Crippen molar-refractivity contribution in [2.45, 2.75) is 31.6 Å². The van der Waals surface area contributed by atoms with Gasteiger partial charge < -0.3 is 10.2 Å². The number of anilines is 1. The molecule has 1 N–H and O–H groups in total. The SMILES string of the molecule is O=C1C[C@H](C(=O)N2CCC(Cc3cccnc3)CC2)c2ccccc2N1. The van der Waals surface area contributed by atoms with Crippen LogP contribution in [0.3, 0.4) is 0 Å². The Morgan fingerprint density at radius 1 is 1.15 bits per heavy atom.